The van der Waals surface area contributed by atoms with Crippen molar-refractivity contribution in [3.63, 3.8) is 0 Å². The molecule has 3 heterocycles. The minimum absolute atomic E-state index is 0.0201. The molecule has 0 spiro atoms. The molecule has 0 aliphatic carbocycles. The van der Waals surface area contributed by atoms with Crippen LogP contribution in [0.15, 0.2) is 24.3 Å². The van der Waals surface area contributed by atoms with Gasteiger partial charge in [-0.05, 0) is 86.9 Å². The van der Waals surface area contributed by atoms with Gasteiger partial charge >= 0.3 is 0 Å². The summed E-state index contributed by atoms with van der Waals surface area (Å²) >= 11 is 0. The van der Waals surface area contributed by atoms with E-state index in [1.165, 1.54) is 6.07 Å². The number of likely N-dealkylation sites (tertiary alicyclic amines) is 2. The van der Waals surface area contributed by atoms with E-state index >= 15 is 0 Å². The van der Waals surface area contributed by atoms with Crippen LogP contribution in [0.25, 0.3) is 0 Å². The fraction of sp³-hybridized carbons (Fsp3) is 0.607. The van der Waals surface area contributed by atoms with Gasteiger partial charge in [0.05, 0.1) is 6.42 Å². The van der Waals surface area contributed by atoms with Crippen LogP contribution < -0.4 is 0 Å². The Morgan fingerprint density at radius 3 is 2.33 bits per heavy atom. The normalized spacial score (nSPS) is 18.9. The Bertz CT molecular complexity index is 1080. The fourth-order valence-electron chi connectivity index (χ4n) is 5.91. The van der Waals surface area contributed by atoms with Crippen LogP contribution in [-0.2, 0) is 23.7 Å². The van der Waals surface area contributed by atoms with Crippen molar-refractivity contribution in [1.82, 2.24) is 24.5 Å². The number of carbonyl (C=O) groups excluding carboxylic acids is 2. The second-order valence-corrected chi connectivity index (χ2v) is 10.8. The number of benzene rings is 1. The van der Waals surface area contributed by atoms with Crippen LogP contribution in [0.5, 0.6) is 0 Å². The Kier molecular flexibility index (Phi) is 7.83. The summed E-state index contributed by atoms with van der Waals surface area (Å²) in [5.41, 5.74) is 3.34. The summed E-state index contributed by atoms with van der Waals surface area (Å²) in [5, 5.41) is 4.35. The molecule has 2 aliphatic rings. The van der Waals surface area contributed by atoms with Crippen LogP contribution >= 0.6 is 0 Å². The van der Waals surface area contributed by atoms with Crippen molar-refractivity contribution in [2.24, 2.45) is 7.05 Å². The molecule has 2 aromatic rings. The third-order valence-electron chi connectivity index (χ3n) is 8.52. The first-order valence-corrected chi connectivity index (χ1v) is 13.2. The molecule has 0 bridgehead atoms. The van der Waals surface area contributed by atoms with Gasteiger partial charge in [0, 0.05) is 46.0 Å². The van der Waals surface area contributed by atoms with Crippen LogP contribution in [-0.4, -0.2) is 82.6 Å². The minimum atomic E-state index is -0.235. The van der Waals surface area contributed by atoms with Crippen molar-refractivity contribution >= 4 is 11.8 Å². The zero-order valence-corrected chi connectivity index (χ0v) is 22.4. The van der Waals surface area contributed by atoms with Gasteiger partial charge in [-0.15, -0.1) is 0 Å². The van der Waals surface area contributed by atoms with E-state index in [4.69, 9.17) is 0 Å². The van der Waals surface area contributed by atoms with Gasteiger partial charge in [0.15, 0.2) is 5.69 Å². The predicted molar refractivity (Wildman–Crippen MR) is 138 cm³/mol. The van der Waals surface area contributed by atoms with Gasteiger partial charge in [0.25, 0.3) is 5.91 Å². The Balaban J connectivity index is 1.40. The van der Waals surface area contributed by atoms with Crippen LogP contribution in [0.2, 0.25) is 0 Å². The highest BCUT2D eigenvalue weighted by Gasteiger charge is 2.39. The Labute approximate surface area is 214 Å². The van der Waals surface area contributed by atoms with Crippen molar-refractivity contribution in [1.29, 1.82) is 0 Å². The smallest absolute Gasteiger partial charge is 0.274 e. The maximum Gasteiger partial charge on any atom is 0.274 e. The third-order valence-corrected chi connectivity index (χ3v) is 8.52. The lowest BCUT2D eigenvalue weighted by Gasteiger charge is -2.47. The van der Waals surface area contributed by atoms with Crippen molar-refractivity contribution < 1.29 is 14.0 Å². The van der Waals surface area contributed by atoms with E-state index in [-0.39, 0.29) is 23.0 Å². The maximum absolute atomic E-state index is 14.4. The number of likely N-dealkylation sites (N-methyl/N-ethyl adjacent to an activating group) is 1. The van der Waals surface area contributed by atoms with Crippen LogP contribution in [0.1, 0.15) is 66.3 Å². The Hall–Kier alpha value is -2.74. The average Bonchev–Trinajstić information content (AvgIpc) is 3.22. The zero-order chi connectivity index (χ0) is 26.0. The molecule has 8 heteroatoms. The summed E-state index contributed by atoms with van der Waals surface area (Å²) in [7, 11) is 5.38. The highest BCUT2D eigenvalue weighted by molar-refractivity contribution is 5.92. The molecular formula is C28H40FN5O2. The highest BCUT2D eigenvalue weighted by Crippen LogP contribution is 2.41. The summed E-state index contributed by atoms with van der Waals surface area (Å²) in [4.78, 5) is 31.4. The molecule has 1 aromatic carbocycles. The van der Waals surface area contributed by atoms with Gasteiger partial charge in [-0.2, -0.15) is 5.10 Å². The van der Waals surface area contributed by atoms with Gasteiger partial charge < -0.3 is 14.7 Å². The lowest BCUT2D eigenvalue weighted by molar-refractivity contribution is -0.127. The summed E-state index contributed by atoms with van der Waals surface area (Å²) < 4.78 is 16.1. The number of carbonyl (C=O) groups is 2. The van der Waals surface area contributed by atoms with E-state index in [1.54, 1.807) is 35.8 Å². The minimum Gasteiger partial charge on any atom is -0.349 e. The van der Waals surface area contributed by atoms with Crippen molar-refractivity contribution in [2.45, 2.75) is 63.8 Å². The second kappa shape index (κ2) is 10.7. The van der Waals surface area contributed by atoms with Gasteiger partial charge in [-0.25, -0.2) is 4.39 Å². The largest absolute Gasteiger partial charge is 0.349 e. The molecule has 0 saturated carbocycles. The molecule has 1 aromatic heterocycles. The average molecular weight is 498 g/mol. The number of hydrogen-bond donors (Lipinski definition) is 0. The first-order valence-electron chi connectivity index (χ1n) is 13.2. The number of nitrogens with zero attached hydrogens (tertiary/aromatic N) is 5. The molecule has 0 radical (unpaired) electrons. The highest BCUT2D eigenvalue weighted by atomic mass is 19.1. The molecule has 2 saturated heterocycles. The summed E-state index contributed by atoms with van der Waals surface area (Å²) in [6, 6.07) is 7.25. The molecule has 2 aliphatic heterocycles. The van der Waals surface area contributed by atoms with E-state index in [0.717, 1.165) is 75.1 Å². The SMILES string of the molecule is CCC1(c2cc(F)ccc2CC(=O)N(C)C)CCN(C2CCN(C(=O)c3cc(C)n(C)n3)CC2)CC1. The topological polar surface area (TPSA) is 61.7 Å². The van der Waals surface area contributed by atoms with Crippen molar-refractivity contribution in [2.75, 3.05) is 40.3 Å². The summed E-state index contributed by atoms with van der Waals surface area (Å²) in [6.45, 7) is 7.52. The standard InChI is InChI=1S/C28H40FN5O2/c1-6-28(24-19-22(29)8-7-21(24)18-26(35)31(3)4)11-15-33(16-12-28)23-9-13-34(14-10-23)27(36)25-17-20(2)32(5)30-25/h7-8,17,19,23H,6,9-16,18H2,1-5H3. The molecule has 0 atom stereocenters. The van der Waals surface area contributed by atoms with E-state index < -0.39 is 0 Å². The Morgan fingerprint density at radius 1 is 1.11 bits per heavy atom. The van der Waals surface area contributed by atoms with Gasteiger partial charge in [-0.3, -0.25) is 14.3 Å². The quantitative estimate of drug-likeness (QED) is 0.613. The molecule has 196 valence electrons. The van der Waals surface area contributed by atoms with Gasteiger partial charge in [0.1, 0.15) is 5.82 Å². The molecule has 2 amide bonds. The number of aromatic nitrogens is 2. The van der Waals surface area contributed by atoms with Crippen molar-refractivity contribution in [3.8, 4) is 0 Å². The van der Waals surface area contributed by atoms with E-state index in [0.29, 0.717) is 18.2 Å². The molecular weight excluding hydrogens is 457 g/mol. The number of piperidine rings is 2. The number of hydrogen-bond acceptors (Lipinski definition) is 4. The molecule has 4 rings (SSSR count). The Morgan fingerprint density at radius 2 is 1.78 bits per heavy atom. The second-order valence-electron chi connectivity index (χ2n) is 10.8. The van der Waals surface area contributed by atoms with Gasteiger partial charge in [-0.1, -0.05) is 13.0 Å². The number of aryl methyl sites for hydroxylation is 2. The van der Waals surface area contributed by atoms with Gasteiger partial charge in [0.2, 0.25) is 5.91 Å². The van der Waals surface area contributed by atoms with Crippen molar-refractivity contribution in [3.05, 3.63) is 52.6 Å². The predicted octanol–water partition coefficient (Wildman–Crippen LogP) is 3.55. The van der Waals surface area contributed by atoms with Crippen LogP contribution in [0.3, 0.4) is 0 Å². The summed E-state index contributed by atoms with van der Waals surface area (Å²) in [6.07, 6.45) is 5.03. The number of amides is 2. The molecule has 7 nitrogen and oxygen atoms in total. The monoisotopic (exact) mass is 497 g/mol. The number of halogens is 1. The molecule has 0 N–H and O–H groups in total. The fourth-order valence-corrected chi connectivity index (χ4v) is 5.91. The lowest BCUT2D eigenvalue weighted by Crippen LogP contribution is -2.51. The van der Waals surface area contributed by atoms with Crippen LogP contribution in [0.4, 0.5) is 4.39 Å². The summed E-state index contributed by atoms with van der Waals surface area (Å²) in [5.74, 6) is -0.179. The maximum atomic E-state index is 14.4. The molecule has 0 unspecified atom stereocenters. The first kappa shape index (κ1) is 26.3. The molecule has 2 fully saturated rings. The first-order chi connectivity index (χ1) is 17.1. The third kappa shape index (κ3) is 5.33. The van der Waals surface area contributed by atoms with E-state index in [9.17, 15) is 14.0 Å². The van der Waals surface area contributed by atoms with E-state index in [1.807, 2.05) is 24.9 Å². The lowest BCUT2D eigenvalue weighted by atomic mass is 9.68. The van der Waals surface area contributed by atoms with Crippen LogP contribution in [0, 0.1) is 12.7 Å². The number of rotatable bonds is 6. The van der Waals surface area contributed by atoms with E-state index in [2.05, 4.69) is 16.9 Å². The molecule has 36 heavy (non-hydrogen) atoms. The zero-order valence-electron chi connectivity index (χ0n) is 22.4.